The molecule has 9 heteroatoms. The van der Waals surface area contributed by atoms with Gasteiger partial charge in [0.25, 0.3) is 17.7 Å². The van der Waals surface area contributed by atoms with Gasteiger partial charge in [0, 0.05) is 17.9 Å². The fraction of sp³-hybridized carbons (Fsp3) is 0.360. The van der Waals surface area contributed by atoms with Gasteiger partial charge in [0.2, 0.25) is 0 Å². The molecule has 1 unspecified atom stereocenters. The van der Waals surface area contributed by atoms with Gasteiger partial charge in [0.05, 0.1) is 30.8 Å². The van der Waals surface area contributed by atoms with E-state index in [-0.39, 0.29) is 36.7 Å². The van der Waals surface area contributed by atoms with Gasteiger partial charge in [0.1, 0.15) is 12.7 Å². The zero-order chi connectivity index (χ0) is 24.8. The zero-order valence-corrected chi connectivity index (χ0v) is 19.7. The smallest absolute Gasteiger partial charge is 0.414 e. The van der Waals surface area contributed by atoms with Crippen LogP contribution in [0.5, 0.6) is 0 Å². The van der Waals surface area contributed by atoms with Crippen molar-refractivity contribution in [2.45, 2.75) is 26.9 Å². The molecule has 3 heterocycles. The molecule has 0 saturated carbocycles. The van der Waals surface area contributed by atoms with Gasteiger partial charge in [0.15, 0.2) is 0 Å². The molecule has 0 aromatic heterocycles. The molecule has 180 valence electrons. The van der Waals surface area contributed by atoms with Crippen LogP contribution in [-0.2, 0) is 23.9 Å². The number of cyclic esters (lactones) is 1. The Morgan fingerprint density at radius 1 is 1.00 bits per heavy atom. The molecule has 1 aromatic rings. The number of ether oxygens (including phenoxy) is 2. The Morgan fingerprint density at radius 3 is 2.21 bits per heavy atom. The normalized spacial score (nSPS) is 20.8. The van der Waals surface area contributed by atoms with Crippen molar-refractivity contribution < 1.29 is 28.7 Å². The molecule has 0 spiro atoms. The number of amides is 4. The number of imide groups is 1. The summed E-state index contributed by atoms with van der Waals surface area (Å²) >= 11 is 0. The summed E-state index contributed by atoms with van der Waals surface area (Å²) in [5.74, 6) is -1.00. The number of hydrogen-bond donors (Lipinski definition) is 0. The molecular weight excluding hydrogens is 438 g/mol. The minimum atomic E-state index is -0.660. The Labute approximate surface area is 198 Å². The lowest BCUT2D eigenvalue weighted by molar-refractivity contribution is -0.138. The number of morpholine rings is 1. The summed E-state index contributed by atoms with van der Waals surface area (Å²) in [6.07, 6.45) is 3.40. The number of carbonyl (C=O) groups excluding carboxylic acids is 4. The van der Waals surface area contributed by atoms with E-state index in [1.54, 1.807) is 48.2 Å². The quantitative estimate of drug-likeness (QED) is 0.597. The van der Waals surface area contributed by atoms with Gasteiger partial charge in [-0.1, -0.05) is 38.7 Å². The molecule has 3 aliphatic rings. The van der Waals surface area contributed by atoms with Crippen molar-refractivity contribution in [1.82, 2.24) is 4.90 Å². The first-order valence-corrected chi connectivity index (χ1v) is 11.3. The van der Waals surface area contributed by atoms with Crippen LogP contribution in [0.4, 0.5) is 16.2 Å². The number of rotatable bonds is 6. The summed E-state index contributed by atoms with van der Waals surface area (Å²) in [5, 5.41) is 0. The van der Waals surface area contributed by atoms with Gasteiger partial charge >= 0.3 is 6.09 Å². The van der Waals surface area contributed by atoms with Crippen molar-refractivity contribution in [1.29, 1.82) is 0 Å². The van der Waals surface area contributed by atoms with Crippen molar-refractivity contribution in [3.05, 3.63) is 60.2 Å². The third-order valence-corrected chi connectivity index (χ3v) is 5.50. The third-order valence-electron chi connectivity index (χ3n) is 5.50. The molecule has 0 radical (unpaired) electrons. The van der Waals surface area contributed by atoms with Crippen molar-refractivity contribution >= 4 is 35.2 Å². The first kappa shape index (κ1) is 24.9. The van der Waals surface area contributed by atoms with Crippen LogP contribution >= 0.6 is 0 Å². The Balaban J connectivity index is 0.00000158. The lowest BCUT2D eigenvalue weighted by Gasteiger charge is -2.27. The van der Waals surface area contributed by atoms with Crippen LogP contribution in [0.3, 0.4) is 0 Å². The summed E-state index contributed by atoms with van der Waals surface area (Å²) in [5.41, 5.74) is 1.84. The summed E-state index contributed by atoms with van der Waals surface area (Å²) < 4.78 is 10.6. The van der Waals surface area contributed by atoms with E-state index in [9.17, 15) is 19.2 Å². The van der Waals surface area contributed by atoms with E-state index in [4.69, 9.17) is 9.47 Å². The minimum Gasteiger partial charge on any atom is -0.442 e. The van der Waals surface area contributed by atoms with Crippen molar-refractivity contribution in [3.8, 4) is 0 Å². The molecule has 2 saturated heterocycles. The molecule has 4 amide bonds. The minimum absolute atomic E-state index is 0.0430. The average molecular weight is 468 g/mol. The first-order chi connectivity index (χ1) is 16.4. The molecule has 4 rings (SSSR count). The fourth-order valence-electron chi connectivity index (χ4n) is 3.94. The highest BCUT2D eigenvalue weighted by Gasteiger charge is 2.40. The lowest BCUT2D eigenvalue weighted by Crippen LogP contribution is -2.41. The maximum atomic E-state index is 12.7. The van der Waals surface area contributed by atoms with Crippen molar-refractivity contribution in [3.63, 3.8) is 0 Å². The van der Waals surface area contributed by atoms with Gasteiger partial charge in [-0.15, -0.1) is 0 Å². The van der Waals surface area contributed by atoms with Crippen LogP contribution < -0.4 is 9.80 Å². The maximum Gasteiger partial charge on any atom is 0.414 e. The van der Waals surface area contributed by atoms with Crippen LogP contribution in [-0.4, -0.2) is 67.7 Å². The number of nitrogens with zero attached hydrogens (tertiary/aromatic N) is 3. The summed E-state index contributed by atoms with van der Waals surface area (Å²) in [4.78, 5) is 53.9. The second-order valence-electron chi connectivity index (χ2n) is 7.48. The third kappa shape index (κ3) is 4.79. The predicted octanol–water partition coefficient (Wildman–Crippen LogP) is 2.83. The predicted molar refractivity (Wildman–Crippen MR) is 127 cm³/mol. The Hall–Kier alpha value is -3.72. The highest BCUT2D eigenvalue weighted by atomic mass is 16.6. The summed E-state index contributed by atoms with van der Waals surface area (Å²) in [6, 6.07) is 6.98. The molecule has 0 aliphatic carbocycles. The maximum absolute atomic E-state index is 12.7. The summed E-state index contributed by atoms with van der Waals surface area (Å²) in [7, 11) is 0. The van der Waals surface area contributed by atoms with E-state index in [0.29, 0.717) is 18.8 Å². The van der Waals surface area contributed by atoms with E-state index < -0.39 is 24.0 Å². The number of carbonyl (C=O) groups is 4. The highest BCUT2D eigenvalue weighted by Crippen LogP contribution is 2.28. The van der Waals surface area contributed by atoms with Crippen LogP contribution in [0.25, 0.3) is 0 Å². The molecule has 34 heavy (non-hydrogen) atoms. The van der Waals surface area contributed by atoms with Crippen LogP contribution in [0.2, 0.25) is 0 Å². The standard InChI is InChI=1S/C23H23N3O6.C2H6/c1-3-5-19-18(4-2)21(28)26(22(19)29)13-17-12-25(23(30)32-17)16-8-6-15(7-9-16)24-10-11-31-14-20(24)27;1-2/h3-9,17H,2,10-14H2,1H3;1-2H3/b5-3-;. The van der Waals surface area contributed by atoms with Crippen LogP contribution in [0, 0.1) is 0 Å². The van der Waals surface area contributed by atoms with Crippen LogP contribution in [0.15, 0.2) is 60.2 Å². The highest BCUT2D eigenvalue weighted by molar-refractivity contribution is 6.22. The topological polar surface area (TPSA) is 96.5 Å². The Morgan fingerprint density at radius 2 is 1.62 bits per heavy atom. The van der Waals surface area contributed by atoms with E-state index >= 15 is 0 Å². The number of benzene rings is 1. The first-order valence-electron chi connectivity index (χ1n) is 11.3. The van der Waals surface area contributed by atoms with Gasteiger partial charge in [-0.2, -0.15) is 0 Å². The molecule has 0 N–H and O–H groups in total. The van der Waals surface area contributed by atoms with Crippen LogP contribution in [0.1, 0.15) is 20.8 Å². The Bertz CT molecular complexity index is 1040. The average Bonchev–Trinajstić information content (AvgIpc) is 3.33. The lowest BCUT2D eigenvalue weighted by atomic mass is 10.1. The largest absolute Gasteiger partial charge is 0.442 e. The zero-order valence-electron chi connectivity index (χ0n) is 19.7. The van der Waals surface area contributed by atoms with E-state index in [1.165, 1.54) is 11.0 Å². The van der Waals surface area contributed by atoms with Crippen molar-refractivity contribution in [2.75, 3.05) is 42.6 Å². The Kier molecular flexibility index (Phi) is 8.01. The molecule has 9 nitrogen and oxygen atoms in total. The monoisotopic (exact) mass is 467 g/mol. The van der Waals surface area contributed by atoms with Gasteiger partial charge < -0.3 is 14.4 Å². The molecule has 3 aliphatic heterocycles. The fourth-order valence-corrected chi connectivity index (χ4v) is 3.94. The molecule has 2 fully saturated rings. The van der Waals surface area contributed by atoms with E-state index in [2.05, 4.69) is 6.58 Å². The van der Waals surface area contributed by atoms with E-state index in [0.717, 1.165) is 10.6 Å². The SMILES string of the molecule is C=CC1=C(/C=C\C)C(=O)N(CC2CN(c3ccc(N4CCOCC4=O)cc3)C(=O)O2)C1=O.CC. The van der Waals surface area contributed by atoms with Gasteiger partial charge in [-0.05, 0) is 31.2 Å². The van der Waals surface area contributed by atoms with Crippen molar-refractivity contribution in [2.24, 2.45) is 0 Å². The molecular formula is C25H29N3O6. The number of anilines is 2. The number of allylic oxidation sites excluding steroid dienone is 1. The summed E-state index contributed by atoms with van der Waals surface area (Å²) in [6.45, 7) is 10.5. The van der Waals surface area contributed by atoms with E-state index in [1.807, 2.05) is 13.8 Å². The molecule has 1 atom stereocenters. The second-order valence-corrected chi connectivity index (χ2v) is 7.48. The van der Waals surface area contributed by atoms with Gasteiger partial charge in [-0.3, -0.25) is 24.2 Å². The van der Waals surface area contributed by atoms with Gasteiger partial charge in [-0.25, -0.2) is 4.79 Å². The molecule has 1 aromatic carbocycles. The second kappa shape index (κ2) is 10.9. The number of hydrogen-bond acceptors (Lipinski definition) is 6. The molecule has 0 bridgehead atoms.